The molecule has 0 saturated carbocycles. The number of aromatic nitrogens is 3. The number of hydrogen-bond donors (Lipinski definition) is 2. The van der Waals surface area contributed by atoms with E-state index < -0.39 is 5.60 Å². The number of β-amino-alcohol motifs (C(OH)–C–C–N with tert-alkyl or cyclic N) is 1. The molecule has 2 N–H and O–H groups in total. The topological polar surface area (TPSA) is 63.0 Å². The second-order valence-electron chi connectivity index (χ2n) is 3.31. The molecule has 1 unspecified atom stereocenters. The van der Waals surface area contributed by atoms with Crippen LogP contribution in [0.5, 0.6) is 0 Å². The third-order valence-corrected chi connectivity index (χ3v) is 2.89. The molecule has 1 aliphatic rings. The first-order valence-corrected chi connectivity index (χ1v) is 4.91. The Morgan fingerprint density at radius 2 is 2.46 bits per heavy atom. The number of halogens is 1. The van der Waals surface area contributed by atoms with Gasteiger partial charge in [-0.3, -0.25) is 0 Å². The molecular formula is C7H11BrN4O. The van der Waals surface area contributed by atoms with Gasteiger partial charge in [0.2, 0.25) is 0 Å². The summed E-state index contributed by atoms with van der Waals surface area (Å²) in [6, 6.07) is 0. The SMILES string of the molecule is Cn1nnc(Br)c1C1(O)CCNC1. The van der Waals surface area contributed by atoms with Crippen LogP contribution in [0.1, 0.15) is 12.1 Å². The standard InChI is InChI=1S/C7H11BrN4O/c1-12-5(6(8)10-11-12)7(13)2-3-9-4-7/h9,13H,2-4H2,1H3. The summed E-state index contributed by atoms with van der Waals surface area (Å²) in [7, 11) is 1.78. The lowest BCUT2D eigenvalue weighted by Crippen LogP contribution is -2.31. The van der Waals surface area contributed by atoms with Gasteiger partial charge in [-0.15, -0.1) is 5.10 Å². The fraction of sp³-hybridized carbons (Fsp3) is 0.714. The molecule has 1 fully saturated rings. The highest BCUT2D eigenvalue weighted by atomic mass is 79.9. The van der Waals surface area contributed by atoms with E-state index in [9.17, 15) is 5.11 Å². The third-order valence-electron chi connectivity index (χ3n) is 2.36. The molecule has 2 heterocycles. The predicted octanol–water partition coefficient (Wildman–Crippen LogP) is -0.242. The molecule has 13 heavy (non-hydrogen) atoms. The predicted molar refractivity (Wildman–Crippen MR) is 50.1 cm³/mol. The molecule has 1 atom stereocenters. The molecule has 0 aromatic carbocycles. The van der Waals surface area contributed by atoms with Gasteiger partial charge in [0.25, 0.3) is 0 Å². The van der Waals surface area contributed by atoms with Crippen LogP contribution in [0.3, 0.4) is 0 Å². The fourth-order valence-corrected chi connectivity index (χ4v) is 2.40. The van der Waals surface area contributed by atoms with E-state index in [0.717, 1.165) is 12.2 Å². The Labute approximate surface area is 84.3 Å². The number of hydrogen-bond acceptors (Lipinski definition) is 4. The Balaban J connectivity index is 2.43. The van der Waals surface area contributed by atoms with Crippen molar-refractivity contribution in [1.82, 2.24) is 20.3 Å². The van der Waals surface area contributed by atoms with Crippen molar-refractivity contribution in [1.29, 1.82) is 0 Å². The first-order valence-electron chi connectivity index (χ1n) is 4.12. The van der Waals surface area contributed by atoms with Crippen LogP contribution in [0.15, 0.2) is 4.60 Å². The van der Waals surface area contributed by atoms with Crippen LogP contribution in [-0.4, -0.2) is 33.2 Å². The van der Waals surface area contributed by atoms with Crippen molar-refractivity contribution in [3.63, 3.8) is 0 Å². The summed E-state index contributed by atoms with van der Waals surface area (Å²) in [6.45, 7) is 1.39. The van der Waals surface area contributed by atoms with Gasteiger partial charge in [0.15, 0.2) is 4.60 Å². The monoisotopic (exact) mass is 246 g/mol. The highest BCUT2D eigenvalue weighted by molar-refractivity contribution is 9.10. The smallest absolute Gasteiger partial charge is 0.154 e. The molecule has 0 aliphatic carbocycles. The van der Waals surface area contributed by atoms with E-state index in [0.29, 0.717) is 17.6 Å². The quantitative estimate of drug-likeness (QED) is 0.718. The van der Waals surface area contributed by atoms with E-state index >= 15 is 0 Å². The highest BCUT2D eigenvalue weighted by Gasteiger charge is 2.38. The van der Waals surface area contributed by atoms with Crippen molar-refractivity contribution in [2.75, 3.05) is 13.1 Å². The zero-order chi connectivity index (χ0) is 9.47. The maximum atomic E-state index is 10.2. The van der Waals surface area contributed by atoms with Gasteiger partial charge in [0.1, 0.15) is 11.3 Å². The van der Waals surface area contributed by atoms with Crippen LogP contribution < -0.4 is 5.32 Å². The van der Waals surface area contributed by atoms with Gasteiger partial charge in [-0.05, 0) is 28.9 Å². The van der Waals surface area contributed by atoms with Crippen LogP contribution in [0.2, 0.25) is 0 Å². The van der Waals surface area contributed by atoms with E-state index in [4.69, 9.17) is 0 Å². The van der Waals surface area contributed by atoms with Gasteiger partial charge in [0.05, 0.1) is 0 Å². The lowest BCUT2D eigenvalue weighted by Gasteiger charge is -2.20. The summed E-state index contributed by atoms with van der Waals surface area (Å²) < 4.78 is 2.23. The minimum Gasteiger partial charge on any atom is -0.382 e. The Hall–Kier alpha value is -0.460. The van der Waals surface area contributed by atoms with Crippen LogP contribution >= 0.6 is 15.9 Å². The fourth-order valence-electron chi connectivity index (χ4n) is 1.71. The average Bonchev–Trinajstić information content (AvgIpc) is 2.60. The van der Waals surface area contributed by atoms with Gasteiger partial charge in [-0.2, -0.15) is 0 Å². The van der Waals surface area contributed by atoms with E-state index in [1.54, 1.807) is 11.7 Å². The zero-order valence-electron chi connectivity index (χ0n) is 7.29. The van der Waals surface area contributed by atoms with Crippen LogP contribution in [0.4, 0.5) is 0 Å². The van der Waals surface area contributed by atoms with Gasteiger partial charge in [0, 0.05) is 13.6 Å². The van der Waals surface area contributed by atoms with Crippen molar-refractivity contribution >= 4 is 15.9 Å². The Bertz CT molecular complexity index is 299. The van der Waals surface area contributed by atoms with E-state index in [1.165, 1.54) is 0 Å². The summed E-state index contributed by atoms with van der Waals surface area (Å²) in [5.41, 5.74) is -0.0747. The first kappa shape index (κ1) is 9.11. The van der Waals surface area contributed by atoms with Crippen LogP contribution in [0.25, 0.3) is 0 Å². The molecule has 0 amide bonds. The summed E-state index contributed by atoms with van der Waals surface area (Å²) in [4.78, 5) is 0. The van der Waals surface area contributed by atoms with Gasteiger partial charge in [-0.1, -0.05) is 5.21 Å². The lowest BCUT2D eigenvalue weighted by atomic mass is 10.00. The minimum atomic E-state index is -0.822. The molecule has 0 spiro atoms. The Morgan fingerprint density at radius 1 is 1.69 bits per heavy atom. The van der Waals surface area contributed by atoms with Crippen LogP contribution in [0, 0.1) is 0 Å². The molecule has 6 heteroatoms. The molecule has 1 aromatic heterocycles. The van der Waals surface area contributed by atoms with Crippen molar-refractivity contribution < 1.29 is 5.11 Å². The maximum Gasteiger partial charge on any atom is 0.154 e. The molecule has 2 rings (SSSR count). The summed E-state index contributed by atoms with van der Waals surface area (Å²) in [5.74, 6) is 0. The molecule has 1 aliphatic heterocycles. The highest BCUT2D eigenvalue weighted by Crippen LogP contribution is 2.31. The van der Waals surface area contributed by atoms with E-state index in [-0.39, 0.29) is 0 Å². The third kappa shape index (κ3) is 1.38. The normalized spacial score (nSPS) is 28.2. The number of aryl methyl sites for hydroxylation is 1. The minimum absolute atomic E-state index is 0.562. The number of nitrogens with zero attached hydrogens (tertiary/aromatic N) is 3. The number of aliphatic hydroxyl groups is 1. The average molecular weight is 247 g/mol. The molecule has 5 nitrogen and oxygen atoms in total. The van der Waals surface area contributed by atoms with Gasteiger partial charge in [-0.25, -0.2) is 4.68 Å². The Morgan fingerprint density at radius 3 is 2.92 bits per heavy atom. The molecule has 1 aromatic rings. The van der Waals surface area contributed by atoms with Crippen molar-refractivity contribution in [3.8, 4) is 0 Å². The summed E-state index contributed by atoms with van der Waals surface area (Å²) >= 11 is 3.28. The maximum absolute atomic E-state index is 10.2. The van der Waals surface area contributed by atoms with Crippen molar-refractivity contribution in [2.45, 2.75) is 12.0 Å². The van der Waals surface area contributed by atoms with Crippen molar-refractivity contribution in [2.24, 2.45) is 7.05 Å². The molecular weight excluding hydrogens is 236 g/mol. The summed E-state index contributed by atoms with van der Waals surface area (Å²) in [5, 5.41) is 21.0. The molecule has 0 bridgehead atoms. The Kier molecular flexibility index (Phi) is 2.13. The molecule has 1 saturated heterocycles. The summed E-state index contributed by atoms with van der Waals surface area (Å²) in [6.07, 6.45) is 0.701. The number of nitrogens with one attached hydrogen (secondary N) is 1. The number of rotatable bonds is 1. The van der Waals surface area contributed by atoms with E-state index in [2.05, 4.69) is 31.6 Å². The zero-order valence-corrected chi connectivity index (χ0v) is 8.87. The second-order valence-corrected chi connectivity index (χ2v) is 4.06. The second kappa shape index (κ2) is 3.04. The van der Waals surface area contributed by atoms with Crippen molar-refractivity contribution in [3.05, 3.63) is 10.3 Å². The first-order chi connectivity index (χ1) is 6.13. The van der Waals surface area contributed by atoms with Gasteiger partial charge < -0.3 is 10.4 Å². The van der Waals surface area contributed by atoms with Gasteiger partial charge >= 0.3 is 0 Å². The molecule has 0 radical (unpaired) electrons. The van der Waals surface area contributed by atoms with E-state index in [1.807, 2.05) is 0 Å². The lowest BCUT2D eigenvalue weighted by molar-refractivity contribution is 0.0493. The largest absolute Gasteiger partial charge is 0.382 e. The molecule has 72 valence electrons. The van der Waals surface area contributed by atoms with Crippen LogP contribution in [-0.2, 0) is 12.6 Å².